The molecule has 1 aliphatic heterocycles. The zero-order valence-corrected chi connectivity index (χ0v) is 14.4. The molecule has 1 aromatic carbocycles. The van der Waals surface area contributed by atoms with Gasteiger partial charge in [-0.3, -0.25) is 4.79 Å². The fourth-order valence-corrected chi connectivity index (χ4v) is 3.40. The molecule has 8 heteroatoms. The second-order valence-electron chi connectivity index (χ2n) is 5.71. The van der Waals surface area contributed by atoms with Crippen LogP contribution >= 0.6 is 0 Å². The summed E-state index contributed by atoms with van der Waals surface area (Å²) in [5.41, 5.74) is 0.792. The number of carbonyl (C=O) groups excluding carboxylic acids is 1. The maximum atomic E-state index is 12.1. The molecule has 1 aromatic rings. The van der Waals surface area contributed by atoms with E-state index < -0.39 is 10.0 Å². The Morgan fingerprint density at radius 2 is 2.21 bits per heavy atom. The van der Waals surface area contributed by atoms with Crippen LogP contribution in [0.2, 0.25) is 0 Å². The second-order valence-corrected chi connectivity index (χ2v) is 7.69. The molecular weight excluding hydrogens is 330 g/mol. The van der Waals surface area contributed by atoms with Gasteiger partial charge in [0, 0.05) is 26.1 Å². The van der Waals surface area contributed by atoms with Crippen LogP contribution in [0, 0.1) is 11.3 Å². The molecule has 1 aliphatic rings. The smallest absolute Gasteiger partial charge is 0.225 e. The first-order chi connectivity index (χ1) is 11.4. The van der Waals surface area contributed by atoms with Gasteiger partial charge in [-0.2, -0.15) is 9.57 Å². The maximum absolute atomic E-state index is 12.1. The molecule has 0 spiro atoms. The van der Waals surface area contributed by atoms with Gasteiger partial charge in [0.1, 0.15) is 6.07 Å². The van der Waals surface area contributed by atoms with Crippen LogP contribution < -0.4 is 5.32 Å². The van der Waals surface area contributed by atoms with E-state index >= 15 is 0 Å². The predicted octanol–water partition coefficient (Wildman–Crippen LogP) is 1.33. The number of benzene rings is 1. The zero-order valence-electron chi connectivity index (χ0n) is 13.6. The average molecular weight is 351 g/mol. The molecule has 7 nitrogen and oxygen atoms in total. The molecule has 1 N–H and O–H groups in total. The number of ether oxygens (including phenoxy) is 1. The molecule has 1 fully saturated rings. The number of rotatable bonds is 7. The summed E-state index contributed by atoms with van der Waals surface area (Å²) in [6.07, 6.45) is 2.79. The highest BCUT2D eigenvalue weighted by atomic mass is 32.2. The Labute approximate surface area is 142 Å². The zero-order chi connectivity index (χ0) is 17.6. The van der Waals surface area contributed by atoms with Crippen molar-refractivity contribution in [2.45, 2.75) is 25.4 Å². The van der Waals surface area contributed by atoms with E-state index in [1.807, 2.05) is 6.07 Å². The molecule has 0 aliphatic carbocycles. The number of nitriles is 1. The van der Waals surface area contributed by atoms with Crippen LogP contribution in [0.3, 0.4) is 0 Å². The fraction of sp³-hybridized carbons (Fsp3) is 0.500. The van der Waals surface area contributed by atoms with Crippen LogP contribution in [0.15, 0.2) is 24.3 Å². The number of hydrogen-bond acceptors (Lipinski definition) is 5. The average Bonchev–Trinajstić information content (AvgIpc) is 3.04. The molecule has 2 rings (SSSR count). The van der Waals surface area contributed by atoms with Crippen LogP contribution in [-0.4, -0.2) is 50.7 Å². The van der Waals surface area contributed by atoms with E-state index in [4.69, 9.17) is 10.00 Å². The molecule has 1 heterocycles. The van der Waals surface area contributed by atoms with E-state index in [0.29, 0.717) is 17.9 Å². The van der Waals surface area contributed by atoms with Gasteiger partial charge < -0.3 is 10.1 Å². The second kappa shape index (κ2) is 8.24. The third kappa shape index (κ3) is 5.30. The number of sulfonamides is 1. The van der Waals surface area contributed by atoms with Crippen molar-refractivity contribution in [1.82, 2.24) is 4.31 Å². The number of nitrogens with one attached hydrogen (secondary N) is 1. The largest absolute Gasteiger partial charge is 0.377 e. The molecule has 1 saturated heterocycles. The lowest BCUT2D eigenvalue weighted by atomic mass is 10.2. The Balaban J connectivity index is 1.93. The molecule has 1 unspecified atom stereocenters. The number of nitrogens with zero attached hydrogens (tertiary/aromatic N) is 2. The van der Waals surface area contributed by atoms with Gasteiger partial charge in [-0.05, 0) is 25.0 Å². The van der Waals surface area contributed by atoms with Crippen LogP contribution in [0.25, 0.3) is 0 Å². The van der Waals surface area contributed by atoms with E-state index in [2.05, 4.69) is 5.32 Å². The van der Waals surface area contributed by atoms with Gasteiger partial charge in [-0.15, -0.1) is 0 Å². The van der Waals surface area contributed by atoms with Crippen LogP contribution in [-0.2, 0) is 19.6 Å². The Bertz CT molecular complexity index is 721. The first kappa shape index (κ1) is 18.4. The number of amides is 1. The van der Waals surface area contributed by atoms with Gasteiger partial charge in [0.15, 0.2) is 0 Å². The molecule has 130 valence electrons. The molecule has 1 amide bonds. The topological polar surface area (TPSA) is 99.5 Å². The SMILES string of the molecule is CS(=O)(=O)N(CCC(=O)Nc1ccccc1C#N)CC1CCCO1. The number of para-hydroxylation sites is 1. The molecule has 1 atom stereocenters. The Morgan fingerprint density at radius 1 is 1.46 bits per heavy atom. The lowest BCUT2D eigenvalue weighted by Gasteiger charge is -2.22. The third-order valence-corrected chi connectivity index (χ3v) is 5.08. The summed E-state index contributed by atoms with van der Waals surface area (Å²) in [7, 11) is -3.41. The molecule has 0 radical (unpaired) electrons. The number of hydrogen-bond donors (Lipinski definition) is 1. The monoisotopic (exact) mass is 351 g/mol. The van der Waals surface area contributed by atoms with Gasteiger partial charge in [-0.1, -0.05) is 12.1 Å². The summed E-state index contributed by atoms with van der Waals surface area (Å²) in [5.74, 6) is -0.335. The molecule has 0 aromatic heterocycles. The van der Waals surface area contributed by atoms with E-state index in [9.17, 15) is 13.2 Å². The first-order valence-corrected chi connectivity index (χ1v) is 9.60. The minimum Gasteiger partial charge on any atom is -0.377 e. The third-order valence-electron chi connectivity index (χ3n) is 3.81. The van der Waals surface area contributed by atoms with E-state index in [-0.39, 0.29) is 31.5 Å². The van der Waals surface area contributed by atoms with Crippen molar-refractivity contribution < 1.29 is 17.9 Å². The summed E-state index contributed by atoms with van der Waals surface area (Å²) in [6, 6.07) is 8.67. The summed E-state index contributed by atoms with van der Waals surface area (Å²) in [5, 5.41) is 11.7. The van der Waals surface area contributed by atoms with Crippen LogP contribution in [0.5, 0.6) is 0 Å². The summed E-state index contributed by atoms with van der Waals surface area (Å²) in [6.45, 7) is 0.994. The lowest BCUT2D eigenvalue weighted by Crippen LogP contribution is -2.38. The fourth-order valence-electron chi connectivity index (χ4n) is 2.54. The van der Waals surface area contributed by atoms with Crippen LogP contribution in [0.1, 0.15) is 24.8 Å². The Hall–Kier alpha value is -1.95. The van der Waals surface area contributed by atoms with Gasteiger partial charge in [-0.25, -0.2) is 8.42 Å². The highest BCUT2D eigenvalue weighted by molar-refractivity contribution is 7.88. The van der Waals surface area contributed by atoms with Crippen molar-refractivity contribution in [2.75, 3.05) is 31.3 Å². The minimum absolute atomic E-state index is 0.0134. The number of anilines is 1. The van der Waals surface area contributed by atoms with Gasteiger partial charge in [0.2, 0.25) is 15.9 Å². The van der Waals surface area contributed by atoms with Crippen molar-refractivity contribution in [3.05, 3.63) is 29.8 Å². The highest BCUT2D eigenvalue weighted by Crippen LogP contribution is 2.16. The lowest BCUT2D eigenvalue weighted by molar-refractivity contribution is -0.116. The maximum Gasteiger partial charge on any atom is 0.225 e. The first-order valence-electron chi connectivity index (χ1n) is 7.76. The Morgan fingerprint density at radius 3 is 2.83 bits per heavy atom. The van der Waals surface area contributed by atoms with Gasteiger partial charge in [0.05, 0.1) is 23.6 Å². The van der Waals surface area contributed by atoms with Crippen LogP contribution in [0.4, 0.5) is 5.69 Å². The minimum atomic E-state index is -3.41. The van der Waals surface area contributed by atoms with Gasteiger partial charge >= 0.3 is 0 Å². The summed E-state index contributed by atoms with van der Waals surface area (Å²) >= 11 is 0. The highest BCUT2D eigenvalue weighted by Gasteiger charge is 2.25. The van der Waals surface area contributed by atoms with Gasteiger partial charge in [0.25, 0.3) is 0 Å². The molecule has 0 bridgehead atoms. The molecule has 0 saturated carbocycles. The molecule has 24 heavy (non-hydrogen) atoms. The number of carbonyl (C=O) groups is 1. The van der Waals surface area contributed by atoms with E-state index in [1.54, 1.807) is 24.3 Å². The quantitative estimate of drug-likeness (QED) is 0.799. The Kier molecular flexibility index (Phi) is 6.31. The van der Waals surface area contributed by atoms with Crippen molar-refractivity contribution >= 4 is 21.6 Å². The van der Waals surface area contributed by atoms with E-state index in [0.717, 1.165) is 19.1 Å². The predicted molar refractivity (Wildman–Crippen MR) is 89.8 cm³/mol. The summed E-state index contributed by atoms with van der Waals surface area (Å²) in [4.78, 5) is 12.1. The van der Waals surface area contributed by atoms with Crippen molar-refractivity contribution in [3.63, 3.8) is 0 Å². The normalized spacial score (nSPS) is 17.6. The van der Waals surface area contributed by atoms with E-state index in [1.165, 1.54) is 4.31 Å². The summed E-state index contributed by atoms with van der Waals surface area (Å²) < 4.78 is 30.5. The van der Waals surface area contributed by atoms with Crippen molar-refractivity contribution in [2.24, 2.45) is 0 Å². The standard InChI is InChI=1S/C16H21N3O4S/c1-24(21,22)19(12-14-6-4-10-23-14)9-8-16(20)18-15-7-3-2-5-13(15)11-17/h2-3,5,7,14H,4,6,8-10,12H2,1H3,(H,18,20). The van der Waals surface area contributed by atoms with Crippen molar-refractivity contribution in [1.29, 1.82) is 5.26 Å². The van der Waals surface area contributed by atoms with Crippen molar-refractivity contribution in [3.8, 4) is 6.07 Å². The molecular formula is C16H21N3O4S.